The van der Waals surface area contributed by atoms with Crippen molar-refractivity contribution in [2.45, 2.75) is 6.04 Å². The summed E-state index contributed by atoms with van der Waals surface area (Å²) in [5.41, 5.74) is 2.33. The second kappa shape index (κ2) is 3.64. The molecule has 2 N–H and O–H groups in total. The Labute approximate surface area is 88.3 Å². The van der Waals surface area contributed by atoms with E-state index in [9.17, 15) is 0 Å². The van der Waals surface area contributed by atoms with Gasteiger partial charge < -0.3 is 15.0 Å². The highest BCUT2D eigenvalue weighted by Crippen LogP contribution is 2.18. The van der Waals surface area contributed by atoms with Crippen LogP contribution in [0.25, 0.3) is 5.65 Å². The second-order valence-corrected chi connectivity index (χ2v) is 3.83. The molecule has 1 saturated heterocycles. The van der Waals surface area contributed by atoms with E-state index in [2.05, 4.69) is 32.2 Å². The monoisotopic (exact) mass is 202 g/mol. The molecule has 15 heavy (non-hydrogen) atoms. The molecule has 0 aromatic carbocycles. The van der Waals surface area contributed by atoms with Crippen molar-refractivity contribution in [3.05, 3.63) is 36.3 Å². The number of fused-ring (bicyclic) bond motifs is 1. The van der Waals surface area contributed by atoms with Crippen molar-refractivity contribution >= 4 is 5.65 Å². The van der Waals surface area contributed by atoms with Crippen LogP contribution in [0.2, 0.25) is 0 Å². The lowest BCUT2D eigenvalue weighted by Gasteiger charge is -2.25. The van der Waals surface area contributed by atoms with Crippen LogP contribution in [-0.4, -0.2) is 29.0 Å². The van der Waals surface area contributed by atoms with Crippen LogP contribution in [0.15, 0.2) is 30.7 Å². The molecule has 0 spiro atoms. The SMILES string of the molecule is c1cc(C2CNCCN2)c2nccn2c1. The molecule has 2 aromatic heterocycles. The Bertz CT molecular complexity index is 456. The molecule has 3 rings (SSSR count). The fourth-order valence-corrected chi connectivity index (χ4v) is 2.12. The third-order valence-corrected chi connectivity index (χ3v) is 2.87. The van der Waals surface area contributed by atoms with Crippen molar-refractivity contribution < 1.29 is 0 Å². The predicted molar refractivity (Wildman–Crippen MR) is 58.8 cm³/mol. The minimum atomic E-state index is 0.379. The van der Waals surface area contributed by atoms with E-state index >= 15 is 0 Å². The Morgan fingerprint density at radius 2 is 2.33 bits per heavy atom. The Hall–Kier alpha value is -1.39. The molecule has 4 nitrogen and oxygen atoms in total. The average Bonchev–Trinajstić information content (AvgIpc) is 2.78. The van der Waals surface area contributed by atoms with Gasteiger partial charge in [0.1, 0.15) is 5.65 Å². The molecule has 1 atom stereocenters. The number of hydrogen-bond donors (Lipinski definition) is 2. The van der Waals surface area contributed by atoms with Crippen LogP contribution in [0.3, 0.4) is 0 Å². The molecule has 0 amide bonds. The second-order valence-electron chi connectivity index (χ2n) is 3.83. The van der Waals surface area contributed by atoms with Gasteiger partial charge in [-0.15, -0.1) is 0 Å². The molecule has 78 valence electrons. The van der Waals surface area contributed by atoms with Gasteiger partial charge in [-0.3, -0.25) is 0 Å². The van der Waals surface area contributed by atoms with Crippen LogP contribution in [-0.2, 0) is 0 Å². The fourth-order valence-electron chi connectivity index (χ4n) is 2.12. The van der Waals surface area contributed by atoms with Crippen molar-refractivity contribution in [3.63, 3.8) is 0 Å². The van der Waals surface area contributed by atoms with Gasteiger partial charge in [0.15, 0.2) is 0 Å². The number of nitrogens with one attached hydrogen (secondary N) is 2. The van der Waals surface area contributed by atoms with E-state index < -0.39 is 0 Å². The summed E-state index contributed by atoms with van der Waals surface area (Å²) < 4.78 is 2.06. The molecule has 0 aliphatic carbocycles. The Morgan fingerprint density at radius 3 is 3.20 bits per heavy atom. The molecule has 3 heterocycles. The van der Waals surface area contributed by atoms with Gasteiger partial charge in [0.2, 0.25) is 0 Å². The molecule has 1 fully saturated rings. The van der Waals surface area contributed by atoms with Gasteiger partial charge in [0.25, 0.3) is 0 Å². The molecule has 1 aliphatic rings. The zero-order valence-electron chi connectivity index (χ0n) is 8.48. The summed E-state index contributed by atoms with van der Waals surface area (Å²) in [6, 6.07) is 4.60. The van der Waals surface area contributed by atoms with E-state index in [1.54, 1.807) is 0 Å². The summed E-state index contributed by atoms with van der Waals surface area (Å²) >= 11 is 0. The molecule has 4 heteroatoms. The maximum absolute atomic E-state index is 4.39. The highest BCUT2D eigenvalue weighted by Gasteiger charge is 2.17. The molecule has 2 aromatic rings. The van der Waals surface area contributed by atoms with Gasteiger partial charge in [-0.25, -0.2) is 4.98 Å². The number of rotatable bonds is 1. The Kier molecular flexibility index (Phi) is 2.16. The lowest BCUT2D eigenvalue weighted by Crippen LogP contribution is -2.42. The maximum atomic E-state index is 4.39. The smallest absolute Gasteiger partial charge is 0.141 e. The molecular weight excluding hydrogens is 188 g/mol. The standard InChI is InChI=1S/C11H14N4/c1-2-9(10-8-12-3-4-13-10)11-14-5-7-15(11)6-1/h1-2,5-7,10,12-13H,3-4,8H2. The van der Waals surface area contributed by atoms with E-state index in [1.165, 1.54) is 5.56 Å². The summed E-state index contributed by atoms with van der Waals surface area (Å²) in [7, 11) is 0. The van der Waals surface area contributed by atoms with Gasteiger partial charge in [0.05, 0.1) is 0 Å². The number of aromatic nitrogens is 2. The average molecular weight is 202 g/mol. The van der Waals surface area contributed by atoms with Gasteiger partial charge >= 0.3 is 0 Å². The topological polar surface area (TPSA) is 41.4 Å². The molecular formula is C11H14N4. The van der Waals surface area contributed by atoms with E-state index in [1.807, 2.05) is 18.6 Å². The first-order valence-electron chi connectivity index (χ1n) is 5.31. The number of hydrogen-bond acceptors (Lipinski definition) is 3. The normalized spacial score (nSPS) is 22.0. The number of nitrogens with zero attached hydrogens (tertiary/aromatic N) is 2. The van der Waals surface area contributed by atoms with E-state index in [0.29, 0.717) is 6.04 Å². The van der Waals surface area contributed by atoms with E-state index in [4.69, 9.17) is 0 Å². The largest absolute Gasteiger partial charge is 0.314 e. The van der Waals surface area contributed by atoms with Crippen LogP contribution in [0, 0.1) is 0 Å². The summed E-state index contributed by atoms with van der Waals surface area (Å²) in [6.45, 7) is 3.05. The predicted octanol–water partition coefficient (Wildman–Crippen LogP) is 0.568. The first-order valence-corrected chi connectivity index (χ1v) is 5.31. The zero-order valence-corrected chi connectivity index (χ0v) is 8.48. The minimum absolute atomic E-state index is 0.379. The quantitative estimate of drug-likeness (QED) is 0.710. The lowest BCUT2D eigenvalue weighted by atomic mass is 10.1. The summed E-state index contributed by atoms with van der Waals surface area (Å²) in [4.78, 5) is 4.39. The van der Waals surface area contributed by atoms with Gasteiger partial charge in [-0.1, -0.05) is 6.07 Å². The van der Waals surface area contributed by atoms with E-state index in [-0.39, 0.29) is 0 Å². The Balaban J connectivity index is 2.05. The van der Waals surface area contributed by atoms with Crippen LogP contribution in [0.5, 0.6) is 0 Å². The highest BCUT2D eigenvalue weighted by atomic mass is 15.1. The number of piperazine rings is 1. The molecule has 0 bridgehead atoms. The van der Waals surface area contributed by atoms with Crippen molar-refractivity contribution in [2.75, 3.05) is 19.6 Å². The minimum Gasteiger partial charge on any atom is -0.314 e. The van der Waals surface area contributed by atoms with Crippen molar-refractivity contribution in [3.8, 4) is 0 Å². The van der Waals surface area contributed by atoms with Crippen LogP contribution in [0.1, 0.15) is 11.6 Å². The van der Waals surface area contributed by atoms with Crippen LogP contribution in [0.4, 0.5) is 0 Å². The molecule has 1 aliphatic heterocycles. The van der Waals surface area contributed by atoms with E-state index in [0.717, 1.165) is 25.3 Å². The van der Waals surface area contributed by atoms with Gasteiger partial charge in [0, 0.05) is 49.8 Å². The van der Waals surface area contributed by atoms with Crippen molar-refractivity contribution in [1.82, 2.24) is 20.0 Å². The molecule has 0 saturated carbocycles. The van der Waals surface area contributed by atoms with Crippen molar-refractivity contribution in [2.24, 2.45) is 0 Å². The third kappa shape index (κ3) is 1.52. The van der Waals surface area contributed by atoms with Crippen LogP contribution >= 0.6 is 0 Å². The highest BCUT2D eigenvalue weighted by molar-refractivity contribution is 5.49. The third-order valence-electron chi connectivity index (χ3n) is 2.87. The first-order chi connectivity index (χ1) is 7.45. The first kappa shape index (κ1) is 8.88. The van der Waals surface area contributed by atoms with Gasteiger partial charge in [-0.2, -0.15) is 0 Å². The lowest BCUT2D eigenvalue weighted by molar-refractivity contribution is 0.431. The molecule has 1 unspecified atom stereocenters. The summed E-state index contributed by atoms with van der Waals surface area (Å²) in [5.74, 6) is 0. The number of imidazole rings is 1. The van der Waals surface area contributed by atoms with Crippen molar-refractivity contribution in [1.29, 1.82) is 0 Å². The summed E-state index contributed by atoms with van der Waals surface area (Å²) in [5, 5.41) is 6.89. The number of pyridine rings is 1. The summed E-state index contributed by atoms with van der Waals surface area (Å²) in [6.07, 6.45) is 5.85. The molecule has 0 radical (unpaired) electrons. The maximum Gasteiger partial charge on any atom is 0.141 e. The van der Waals surface area contributed by atoms with Gasteiger partial charge in [-0.05, 0) is 6.07 Å². The fraction of sp³-hybridized carbons (Fsp3) is 0.364. The van der Waals surface area contributed by atoms with Crippen LogP contribution < -0.4 is 10.6 Å². The Morgan fingerprint density at radius 1 is 1.33 bits per heavy atom. The zero-order chi connectivity index (χ0) is 10.1.